The number of nitrogens with zero attached hydrogens (tertiary/aromatic N) is 4. The number of hydrogen-bond donors (Lipinski definition) is 1. The van der Waals surface area contributed by atoms with Crippen molar-refractivity contribution >= 4 is 16.9 Å². The van der Waals surface area contributed by atoms with Crippen LogP contribution in [0.2, 0.25) is 0 Å². The minimum Gasteiger partial charge on any atom is -0.379 e. The summed E-state index contributed by atoms with van der Waals surface area (Å²) in [4.78, 5) is 38.3. The molecule has 2 fully saturated rings. The molecule has 1 N–H and O–H groups in total. The number of hydrogen-bond acceptors (Lipinski definition) is 5. The lowest BCUT2D eigenvalue weighted by molar-refractivity contribution is 0.0338. The molecule has 8 heteroatoms. The van der Waals surface area contributed by atoms with Crippen molar-refractivity contribution in [3.05, 3.63) is 63.8 Å². The van der Waals surface area contributed by atoms with Gasteiger partial charge < -0.3 is 19.2 Å². The number of piperidine rings is 1. The monoisotopic (exact) mass is 433 g/mol. The molecular formula is C24H27N5O3. The fraction of sp³-hybridized carbons (Fsp3) is 0.458. The predicted molar refractivity (Wildman–Crippen MR) is 120 cm³/mol. The Balaban J connectivity index is 1.26. The summed E-state index contributed by atoms with van der Waals surface area (Å²) in [6, 6.07) is 9.78. The number of para-hydroxylation sites is 1. The number of aromatic nitrogens is 3. The number of nitrogens with one attached hydrogen (secondary N) is 1. The number of ether oxygens (including phenoxy) is 1. The van der Waals surface area contributed by atoms with Gasteiger partial charge in [-0.15, -0.1) is 0 Å². The van der Waals surface area contributed by atoms with Crippen LogP contribution in [-0.2, 0) is 17.8 Å². The average molecular weight is 434 g/mol. The van der Waals surface area contributed by atoms with E-state index in [1.165, 1.54) is 0 Å². The predicted octanol–water partition coefficient (Wildman–Crippen LogP) is 1.82. The highest BCUT2D eigenvalue weighted by atomic mass is 16.5. The molecule has 3 aliphatic rings. The maximum Gasteiger partial charge on any atom is 0.256 e. The van der Waals surface area contributed by atoms with Gasteiger partial charge in [0.1, 0.15) is 5.52 Å². The number of aromatic amines is 1. The van der Waals surface area contributed by atoms with Gasteiger partial charge in [0.25, 0.3) is 11.5 Å². The lowest BCUT2D eigenvalue weighted by Gasteiger charge is -2.43. The first-order chi connectivity index (χ1) is 15.7. The number of pyridine rings is 1. The van der Waals surface area contributed by atoms with Crippen LogP contribution in [0, 0.1) is 5.92 Å². The number of imidazole rings is 1. The van der Waals surface area contributed by atoms with Gasteiger partial charge in [0.2, 0.25) is 0 Å². The number of rotatable bonds is 3. The maximum absolute atomic E-state index is 13.4. The van der Waals surface area contributed by atoms with Gasteiger partial charge >= 0.3 is 0 Å². The standard InChI is InChI=1S/C24H27N5O3/c30-23-17(13-27-6-8-32-9-7-27)4-5-21-18-10-16(12-29(21)23)11-28(14-18)24(31)19-2-1-3-20-22(19)26-15-25-20/h1-5,15-16,18H,6-14H2,(H,25,26)/t16-,18+/m0/s1. The van der Waals surface area contributed by atoms with Crippen LogP contribution in [0.3, 0.4) is 0 Å². The Morgan fingerprint density at radius 3 is 2.88 bits per heavy atom. The van der Waals surface area contributed by atoms with E-state index in [2.05, 4.69) is 20.9 Å². The summed E-state index contributed by atoms with van der Waals surface area (Å²) in [6.45, 7) is 5.86. The minimum atomic E-state index is 0.0251. The molecule has 0 unspecified atom stereocenters. The van der Waals surface area contributed by atoms with E-state index in [9.17, 15) is 9.59 Å². The quantitative estimate of drug-likeness (QED) is 0.681. The zero-order valence-corrected chi connectivity index (χ0v) is 18.0. The van der Waals surface area contributed by atoms with E-state index in [0.717, 1.165) is 55.0 Å². The molecule has 2 atom stereocenters. The molecule has 166 valence electrons. The number of H-pyrrole nitrogens is 1. The first-order valence-corrected chi connectivity index (χ1v) is 11.4. The Morgan fingerprint density at radius 1 is 1.12 bits per heavy atom. The van der Waals surface area contributed by atoms with Crippen molar-refractivity contribution in [1.82, 2.24) is 24.3 Å². The normalized spacial score (nSPS) is 23.3. The molecule has 2 aromatic heterocycles. The molecule has 6 rings (SSSR count). The maximum atomic E-state index is 13.4. The number of carbonyl (C=O) groups excluding carboxylic acids is 1. The molecule has 0 spiro atoms. The van der Waals surface area contributed by atoms with Crippen LogP contribution in [0.25, 0.3) is 11.0 Å². The minimum absolute atomic E-state index is 0.0251. The Labute approximate surface area is 185 Å². The summed E-state index contributed by atoms with van der Waals surface area (Å²) in [6.07, 6.45) is 2.65. The summed E-state index contributed by atoms with van der Waals surface area (Å²) in [5.41, 5.74) is 4.28. The van der Waals surface area contributed by atoms with Gasteiger partial charge in [-0.1, -0.05) is 12.1 Å². The van der Waals surface area contributed by atoms with Crippen LogP contribution < -0.4 is 5.56 Å². The highest BCUT2D eigenvalue weighted by Crippen LogP contribution is 2.36. The van der Waals surface area contributed by atoms with Crippen molar-refractivity contribution < 1.29 is 9.53 Å². The molecular weight excluding hydrogens is 406 g/mol. The molecule has 0 aliphatic carbocycles. The van der Waals surface area contributed by atoms with Crippen LogP contribution in [0.5, 0.6) is 0 Å². The van der Waals surface area contributed by atoms with E-state index in [4.69, 9.17) is 4.74 Å². The van der Waals surface area contributed by atoms with Crippen LogP contribution in [0.1, 0.15) is 34.0 Å². The number of fused-ring (bicyclic) bond motifs is 5. The van der Waals surface area contributed by atoms with Crippen molar-refractivity contribution in [2.45, 2.75) is 25.4 Å². The molecule has 1 amide bonds. The molecule has 2 saturated heterocycles. The lowest BCUT2D eigenvalue weighted by Crippen LogP contribution is -2.49. The number of benzene rings is 1. The van der Waals surface area contributed by atoms with Crippen molar-refractivity contribution in [2.75, 3.05) is 39.4 Å². The lowest BCUT2D eigenvalue weighted by atomic mass is 9.82. The zero-order valence-electron chi connectivity index (χ0n) is 18.0. The molecule has 32 heavy (non-hydrogen) atoms. The molecule has 3 aromatic rings. The van der Waals surface area contributed by atoms with E-state index in [1.807, 2.05) is 33.7 Å². The Kier molecular flexibility index (Phi) is 4.84. The van der Waals surface area contributed by atoms with Gasteiger partial charge in [-0.05, 0) is 30.5 Å². The molecule has 8 nitrogen and oxygen atoms in total. The van der Waals surface area contributed by atoms with Crippen LogP contribution in [0.15, 0.2) is 41.5 Å². The van der Waals surface area contributed by atoms with E-state index >= 15 is 0 Å². The summed E-state index contributed by atoms with van der Waals surface area (Å²) >= 11 is 0. The molecule has 5 heterocycles. The summed E-state index contributed by atoms with van der Waals surface area (Å²) < 4.78 is 7.40. The Bertz CT molecular complexity index is 1230. The van der Waals surface area contributed by atoms with Gasteiger partial charge in [-0.3, -0.25) is 14.5 Å². The Hall–Kier alpha value is -2.97. The SMILES string of the molecule is O=C(c1cccc2[nH]cnc12)N1C[C@@H]2C[C@H](C1)c1ccc(CN3CCOCC3)c(=O)n1C2. The second-order valence-corrected chi connectivity index (χ2v) is 9.20. The zero-order chi connectivity index (χ0) is 21.7. The third-order valence-electron chi connectivity index (χ3n) is 7.15. The first-order valence-electron chi connectivity index (χ1n) is 11.4. The highest BCUT2D eigenvalue weighted by Gasteiger charge is 2.37. The van der Waals surface area contributed by atoms with E-state index in [-0.39, 0.29) is 17.4 Å². The topological polar surface area (TPSA) is 83.5 Å². The molecule has 1 aromatic carbocycles. The molecule has 2 bridgehead atoms. The van der Waals surface area contributed by atoms with E-state index in [0.29, 0.717) is 37.7 Å². The van der Waals surface area contributed by atoms with Gasteiger partial charge in [-0.2, -0.15) is 0 Å². The van der Waals surface area contributed by atoms with Crippen molar-refractivity contribution in [2.24, 2.45) is 5.92 Å². The van der Waals surface area contributed by atoms with Crippen molar-refractivity contribution in [1.29, 1.82) is 0 Å². The van der Waals surface area contributed by atoms with Gasteiger partial charge in [0.05, 0.1) is 30.6 Å². The summed E-state index contributed by atoms with van der Waals surface area (Å²) in [7, 11) is 0. The fourth-order valence-corrected chi connectivity index (χ4v) is 5.59. The second kappa shape index (κ2) is 7.86. The van der Waals surface area contributed by atoms with Crippen molar-refractivity contribution in [3.8, 4) is 0 Å². The number of morpholine rings is 1. The average Bonchev–Trinajstić information content (AvgIpc) is 3.30. The van der Waals surface area contributed by atoms with Gasteiger partial charge in [0.15, 0.2) is 0 Å². The second-order valence-electron chi connectivity index (χ2n) is 9.20. The van der Waals surface area contributed by atoms with E-state index < -0.39 is 0 Å². The number of carbonyl (C=O) groups is 1. The summed E-state index contributed by atoms with van der Waals surface area (Å²) in [5, 5.41) is 0. The van der Waals surface area contributed by atoms with E-state index in [1.54, 1.807) is 6.33 Å². The smallest absolute Gasteiger partial charge is 0.256 e. The largest absolute Gasteiger partial charge is 0.379 e. The van der Waals surface area contributed by atoms with Gasteiger partial charge in [-0.25, -0.2) is 4.98 Å². The third kappa shape index (κ3) is 3.34. The summed E-state index contributed by atoms with van der Waals surface area (Å²) in [5.74, 6) is 0.507. The number of likely N-dealkylation sites (tertiary alicyclic amines) is 1. The van der Waals surface area contributed by atoms with Crippen molar-refractivity contribution in [3.63, 3.8) is 0 Å². The molecule has 3 aliphatic heterocycles. The van der Waals surface area contributed by atoms with Crippen LogP contribution in [-0.4, -0.2) is 69.6 Å². The fourth-order valence-electron chi connectivity index (χ4n) is 5.59. The number of amides is 1. The molecule has 0 radical (unpaired) electrons. The first kappa shape index (κ1) is 19.7. The highest BCUT2D eigenvalue weighted by molar-refractivity contribution is 6.04. The van der Waals surface area contributed by atoms with Crippen LogP contribution >= 0.6 is 0 Å². The van der Waals surface area contributed by atoms with Gasteiger partial charge in [0, 0.05) is 56.4 Å². The third-order valence-corrected chi connectivity index (χ3v) is 7.15. The molecule has 0 saturated carbocycles. The Morgan fingerprint density at radius 2 is 2.00 bits per heavy atom. The van der Waals surface area contributed by atoms with Crippen LogP contribution in [0.4, 0.5) is 0 Å².